The molecular formula is C9H18N2O. The Kier molecular flexibility index (Phi) is 4.08. The summed E-state index contributed by atoms with van der Waals surface area (Å²) < 4.78 is 0. The van der Waals surface area contributed by atoms with Gasteiger partial charge < -0.3 is 10.9 Å². The van der Waals surface area contributed by atoms with Crippen LogP contribution in [0.4, 0.5) is 0 Å². The molecule has 12 heavy (non-hydrogen) atoms. The third-order valence-corrected chi connectivity index (χ3v) is 2.57. The van der Waals surface area contributed by atoms with Crippen molar-refractivity contribution in [3.8, 4) is 0 Å². The van der Waals surface area contributed by atoms with E-state index in [4.69, 9.17) is 10.9 Å². The normalized spacial score (nSPS) is 28.8. The Hall–Kier alpha value is -0.570. The average molecular weight is 170 g/mol. The second-order valence-corrected chi connectivity index (χ2v) is 3.56. The van der Waals surface area contributed by atoms with Gasteiger partial charge in [-0.15, -0.1) is 0 Å². The maximum Gasteiger partial charge on any atom is 0.0573 e. The second kappa shape index (κ2) is 5.14. The molecule has 1 saturated carbocycles. The molecule has 0 saturated heterocycles. The fraction of sp³-hybridized carbons (Fsp3) is 0.889. The molecule has 1 aliphatic rings. The van der Waals surface area contributed by atoms with Gasteiger partial charge in [0, 0.05) is 0 Å². The minimum Gasteiger partial charge on any atom is -0.411 e. The van der Waals surface area contributed by atoms with Gasteiger partial charge in [-0.1, -0.05) is 18.0 Å². The van der Waals surface area contributed by atoms with Crippen LogP contribution in [0.25, 0.3) is 0 Å². The Labute approximate surface area is 73.6 Å². The summed E-state index contributed by atoms with van der Waals surface area (Å²) in [5.41, 5.74) is 6.46. The lowest BCUT2D eigenvalue weighted by atomic mass is 9.96. The molecule has 0 aliphatic heterocycles. The molecule has 1 atom stereocenters. The zero-order valence-corrected chi connectivity index (χ0v) is 7.50. The molecule has 0 bridgehead atoms. The van der Waals surface area contributed by atoms with E-state index in [1.165, 1.54) is 19.3 Å². The smallest absolute Gasteiger partial charge is 0.0573 e. The number of nitrogens with two attached hydrogens (primary N) is 1. The van der Waals surface area contributed by atoms with E-state index >= 15 is 0 Å². The molecule has 1 aliphatic carbocycles. The van der Waals surface area contributed by atoms with Crippen molar-refractivity contribution in [3.63, 3.8) is 0 Å². The fourth-order valence-electron chi connectivity index (χ4n) is 1.87. The topological polar surface area (TPSA) is 58.6 Å². The standard InChI is InChI=1S/C9H18N2O/c10-6-5-8-3-1-2-4-9(7-8)11-12/h8,12H,1-7,10H2/b11-9-. The molecule has 3 heteroatoms. The predicted octanol–water partition coefficient (Wildman–Crippen LogP) is 1.75. The molecule has 1 unspecified atom stereocenters. The molecule has 3 nitrogen and oxygen atoms in total. The van der Waals surface area contributed by atoms with Crippen molar-refractivity contribution < 1.29 is 5.21 Å². The van der Waals surface area contributed by atoms with Crippen LogP contribution in [0.5, 0.6) is 0 Å². The van der Waals surface area contributed by atoms with E-state index < -0.39 is 0 Å². The van der Waals surface area contributed by atoms with Crippen LogP contribution in [0.2, 0.25) is 0 Å². The number of hydrogen-bond acceptors (Lipinski definition) is 3. The van der Waals surface area contributed by atoms with Crippen LogP contribution in [-0.2, 0) is 0 Å². The van der Waals surface area contributed by atoms with E-state index in [2.05, 4.69) is 5.16 Å². The number of hydrogen-bond donors (Lipinski definition) is 2. The maximum absolute atomic E-state index is 8.66. The lowest BCUT2D eigenvalue weighted by molar-refractivity contribution is 0.314. The van der Waals surface area contributed by atoms with Crippen LogP contribution in [0, 0.1) is 5.92 Å². The summed E-state index contributed by atoms with van der Waals surface area (Å²) in [7, 11) is 0. The van der Waals surface area contributed by atoms with Crippen LogP contribution >= 0.6 is 0 Å². The first-order valence-corrected chi connectivity index (χ1v) is 4.76. The molecule has 0 aromatic rings. The van der Waals surface area contributed by atoms with Gasteiger partial charge in [-0.05, 0) is 38.1 Å². The van der Waals surface area contributed by atoms with Crippen molar-refractivity contribution in [1.82, 2.24) is 0 Å². The van der Waals surface area contributed by atoms with Crippen molar-refractivity contribution in [2.45, 2.75) is 38.5 Å². The summed E-state index contributed by atoms with van der Waals surface area (Å²) in [4.78, 5) is 0. The van der Waals surface area contributed by atoms with Gasteiger partial charge in [0.1, 0.15) is 0 Å². The summed E-state index contributed by atoms with van der Waals surface area (Å²) >= 11 is 0. The Bertz CT molecular complexity index is 157. The third-order valence-electron chi connectivity index (χ3n) is 2.57. The van der Waals surface area contributed by atoms with Crippen LogP contribution in [0.3, 0.4) is 0 Å². The highest BCUT2D eigenvalue weighted by molar-refractivity contribution is 5.84. The van der Waals surface area contributed by atoms with Gasteiger partial charge in [-0.3, -0.25) is 0 Å². The number of nitrogens with zero attached hydrogens (tertiary/aromatic N) is 1. The molecule has 70 valence electrons. The maximum atomic E-state index is 8.66. The molecule has 1 fully saturated rings. The Morgan fingerprint density at radius 3 is 3.00 bits per heavy atom. The van der Waals surface area contributed by atoms with E-state index in [1.54, 1.807) is 0 Å². The summed E-state index contributed by atoms with van der Waals surface area (Å²) in [6, 6.07) is 0. The monoisotopic (exact) mass is 170 g/mol. The van der Waals surface area contributed by atoms with E-state index in [-0.39, 0.29) is 0 Å². The number of oxime groups is 1. The predicted molar refractivity (Wildman–Crippen MR) is 49.5 cm³/mol. The van der Waals surface area contributed by atoms with Crippen molar-refractivity contribution in [3.05, 3.63) is 0 Å². The minimum atomic E-state index is 0.656. The number of rotatable bonds is 2. The first kappa shape index (κ1) is 9.52. The van der Waals surface area contributed by atoms with E-state index in [1.807, 2.05) is 0 Å². The molecule has 0 aromatic carbocycles. The van der Waals surface area contributed by atoms with Gasteiger partial charge in [0.15, 0.2) is 0 Å². The molecule has 0 radical (unpaired) electrons. The largest absolute Gasteiger partial charge is 0.411 e. The zero-order valence-electron chi connectivity index (χ0n) is 7.50. The molecular weight excluding hydrogens is 152 g/mol. The van der Waals surface area contributed by atoms with Crippen LogP contribution < -0.4 is 5.73 Å². The van der Waals surface area contributed by atoms with E-state index in [0.717, 1.165) is 31.5 Å². The van der Waals surface area contributed by atoms with Crippen molar-refractivity contribution in [1.29, 1.82) is 0 Å². The average Bonchev–Trinajstić information content (AvgIpc) is 2.30. The van der Waals surface area contributed by atoms with Crippen molar-refractivity contribution >= 4 is 5.71 Å². The van der Waals surface area contributed by atoms with Crippen LogP contribution in [0.1, 0.15) is 38.5 Å². The Balaban J connectivity index is 2.42. The molecule has 3 N–H and O–H groups in total. The first-order chi connectivity index (χ1) is 5.86. The van der Waals surface area contributed by atoms with Gasteiger partial charge in [-0.25, -0.2) is 0 Å². The lowest BCUT2D eigenvalue weighted by Crippen LogP contribution is -2.11. The molecule has 0 aromatic heterocycles. The Morgan fingerprint density at radius 2 is 2.33 bits per heavy atom. The van der Waals surface area contributed by atoms with Crippen molar-refractivity contribution in [2.75, 3.05) is 6.54 Å². The molecule has 0 heterocycles. The van der Waals surface area contributed by atoms with Crippen molar-refractivity contribution in [2.24, 2.45) is 16.8 Å². The van der Waals surface area contributed by atoms with Gasteiger partial charge in [-0.2, -0.15) is 0 Å². The minimum absolute atomic E-state index is 0.656. The summed E-state index contributed by atoms with van der Waals surface area (Å²) in [6.07, 6.45) is 6.66. The van der Waals surface area contributed by atoms with Crippen LogP contribution in [0.15, 0.2) is 5.16 Å². The first-order valence-electron chi connectivity index (χ1n) is 4.76. The highest BCUT2D eigenvalue weighted by atomic mass is 16.4. The zero-order chi connectivity index (χ0) is 8.81. The van der Waals surface area contributed by atoms with Crippen LogP contribution in [-0.4, -0.2) is 17.5 Å². The molecule has 0 spiro atoms. The van der Waals surface area contributed by atoms with Gasteiger partial charge in [0.2, 0.25) is 0 Å². The molecule has 0 amide bonds. The summed E-state index contributed by atoms with van der Waals surface area (Å²) in [5, 5.41) is 12.0. The summed E-state index contributed by atoms with van der Waals surface area (Å²) in [5.74, 6) is 0.656. The van der Waals surface area contributed by atoms with E-state index in [0.29, 0.717) is 5.92 Å². The van der Waals surface area contributed by atoms with Gasteiger partial charge in [0.25, 0.3) is 0 Å². The SMILES string of the molecule is NCCC1CCCC/C(=N/O)C1. The van der Waals surface area contributed by atoms with Gasteiger partial charge in [0.05, 0.1) is 5.71 Å². The quantitative estimate of drug-likeness (QED) is 0.377. The van der Waals surface area contributed by atoms with E-state index in [9.17, 15) is 0 Å². The van der Waals surface area contributed by atoms with Gasteiger partial charge >= 0.3 is 0 Å². The third kappa shape index (κ3) is 2.81. The fourth-order valence-corrected chi connectivity index (χ4v) is 1.87. The lowest BCUT2D eigenvalue weighted by Gasteiger charge is -2.11. The molecule has 1 rings (SSSR count). The Morgan fingerprint density at radius 1 is 1.50 bits per heavy atom. The summed E-state index contributed by atoms with van der Waals surface area (Å²) in [6.45, 7) is 0.753. The highest BCUT2D eigenvalue weighted by Gasteiger charge is 2.15. The second-order valence-electron chi connectivity index (χ2n) is 3.56. The highest BCUT2D eigenvalue weighted by Crippen LogP contribution is 2.23.